The largest absolute Gasteiger partial charge is 0.490 e. The molecule has 0 unspecified atom stereocenters. The van der Waals surface area contributed by atoms with E-state index in [1.165, 1.54) is 11.1 Å². The van der Waals surface area contributed by atoms with Gasteiger partial charge >= 0.3 is 0 Å². The van der Waals surface area contributed by atoms with E-state index < -0.39 is 0 Å². The summed E-state index contributed by atoms with van der Waals surface area (Å²) in [6.45, 7) is 7.84. The minimum absolute atomic E-state index is 0.101. The first kappa shape index (κ1) is 21.3. The molecule has 2 rings (SSSR count). The zero-order chi connectivity index (χ0) is 20.4. The van der Waals surface area contributed by atoms with Crippen LogP contribution in [0, 0.1) is 18.3 Å². The molecule has 1 amide bonds. The summed E-state index contributed by atoms with van der Waals surface area (Å²) in [6, 6.07) is 15.9. The summed E-state index contributed by atoms with van der Waals surface area (Å²) in [6.07, 6.45) is 0.613. The van der Waals surface area contributed by atoms with Crippen molar-refractivity contribution in [1.29, 1.82) is 5.26 Å². The Morgan fingerprint density at radius 2 is 1.82 bits per heavy atom. The van der Waals surface area contributed by atoms with E-state index in [2.05, 4.69) is 44.3 Å². The van der Waals surface area contributed by atoms with Crippen molar-refractivity contribution >= 4 is 5.91 Å². The van der Waals surface area contributed by atoms with E-state index in [0.717, 1.165) is 17.1 Å². The van der Waals surface area contributed by atoms with Gasteiger partial charge in [0, 0.05) is 6.54 Å². The van der Waals surface area contributed by atoms with Crippen LogP contribution in [0.25, 0.3) is 0 Å². The number of carbonyl (C=O) groups excluding carboxylic acids is 1. The topological polar surface area (TPSA) is 71.3 Å². The number of hydrogen-bond acceptors (Lipinski definition) is 4. The first-order chi connectivity index (χ1) is 13.5. The predicted octanol–water partition coefficient (Wildman–Crippen LogP) is 4.15. The van der Waals surface area contributed by atoms with Crippen molar-refractivity contribution < 1.29 is 14.3 Å². The van der Waals surface area contributed by atoms with Gasteiger partial charge in [0.2, 0.25) is 5.91 Å². The quantitative estimate of drug-likeness (QED) is 0.629. The van der Waals surface area contributed by atoms with Crippen LogP contribution in [0.5, 0.6) is 11.5 Å². The molecule has 2 aromatic carbocycles. The number of nitriles is 1. The van der Waals surface area contributed by atoms with Crippen LogP contribution >= 0.6 is 0 Å². The van der Waals surface area contributed by atoms with Gasteiger partial charge in [-0.25, -0.2) is 0 Å². The van der Waals surface area contributed by atoms with Gasteiger partial charge in [0.1, 0.15) is 31.1 Å². The number of nitrogens with one attached hydrogen (secondary N) is 1. The molecule has 0 radical (unpaired) electrons. The lowest BCUT2D eigenvalue weighted by Crippen LogP contribution is -2.24. The summed E-state index contributed by atoms with van der Waals surface area (Å²) in [7, 11) is 0. The Morgan fingerprint density at radius 1 is 1.11 bits per heavy atom. The Morgan fingerprint density at radius 3 is 2.50 bits per heavy atom. The van der Waals surface area contributed by atoms with Gasteiger partial charge in [-0.1, -0.05) is 38.1 Å². The second-order valence-electron chi connectivity index (χ2n) is 6.97. The van der Waals surface area contributed by atoms with Crippen molar-refractivity contribution in [3.05, 3.63) is 59.2 Å². The number of amides is 1. The molecular weight excluding hydrogens is 352 g/mol. The molecule has 5 nitrogen and oxygen atoms in total. The lowest BCUT2D eigenvalue weighted by molar-refractivity contribution is -0.120. The van der Waals surface area contributed by atoms with E-state index in [1.54, 1.807) is 0 Å². The van der Waals surface area contributed by atoms with Gasteiger partial charge < -0.3 is 14.8 Å². The molecule has 0 saturated carbocycles. The summed E-state index contributed by atoms with van der Waals surface area (Å²) in [4.78, 5) is 11.2. The van der Waals surface area contributed by atoms with Crippen molar-refractivity contribution in [3.63, 3.8) is 0 Å². The molecule has 0 spiro atoms. The van der Waals surface area contributed by atoms with Crippen LogP contribution in [0.4, 0.5) is 0 Å². The van der Waals surface area contributed by atoms with Crippen LogP contribution in [-0.2, 0) is 11.2 Å². The zero-order valence-corrected chi connectivity index (χ0v) is 16.8. The van der Waals surface area contributed by atoms with Gasteiger partial charge in [-0.05, 0) is 54.2 Å². The third kappa shape index (κ3) is 6.96. The Labute approximate surface area is 167 Å². The van der Waals surface area contributed by atoms with Crippen LogP contribution < -0.4 is 14.8 Å². The average molecular weight is 380 g/mol. The third-order valence-corrected chi connectivity index (χ3v) is 4.30. The van der Waals surface area contributed by atoms with Crippen molar-refractivity contribution in [2.24, 2.45) is 0 Å². The van der Waals surface area contributed by atoms with Crippen molar-refractivity contribution in [2.75, 3.05) is 19.8 Å². The van der Waals surface area contributed by atoms with Crippen molar-refractivity contribution in [3.8, 4) is 17.6 Å². The maximum absolute atomic E-state index is 11.2. The molecule has 2 aromatic rings. The third-order valence-electron chi connectivity index (χ3n) is 4.30. The molecular formula is C23H28N2O3. The Hall–Kier alpha value is -3.00. The smallest absolute Gasteiger partial charge is 0.234 e. The molecule has 0 aromatic heterocycles. The number of hydrogen-bond donors (Lipinski definition) is 1. The van der Waals surface area contributed by atoms with Gasteiger partial charge in [0.15, 0.2) is 0 Å². The van der Waals surface area contributed by atoms with Gasteiger partial charge in [0.25, 0.3) is 0 Å². The Kier molecular flexibility index (Phi) is 8.36. The lowest BCUT2D eigenvalue weighted by atomic mass is 10.0. The van der Waals surface area contributed by atoms with Crippen molar-refractivity contribution in [1.82, 2.24) is 5.32 Å². The fourth-order valence-corrected chi connectivity index (χ4v) is 2.79. The molecule has 0 aliphatic heterocycles. The number of nitrogens with zero attached hydrogens (tertiary/aromatic N) is 1. The highest BCUT2D eigenvalue weighted by atomic mass is 16.5. The first-order valence-corrected chi connectivity index (χ1v) is 9.58. The molecule has 0 saturated heterocycles. The highest BCUT2D eigenvalue weighted by Gasteiger charge is 2.08. The van der Waals surface area contributed by atoms with Crippen LogP contribution in [0.1, 0.15) is 42.9 Å². The second kappa shape index (κ2) is 11.0. The number of benzene rings is 2. The van der Waals surface area contributed by atoms with Gasteiger partial charge in [-0.3, -0.25) is 4.79 Å². The molecule has 0 fully saturated rings. The van der Waals surface area contributed by atoms with E-state index >= 15 is 0 Å². The molecule has 0 bridgehead atoms. The number of ether oxygens (including phenoxy) is 2. The maximum atomic E-state index is 11.2. The summed E-state index contributed by atoms with van der Waals surface area (Å²) in [5.74, 6) is 1.88. The highest BCUT2D eigenvalue weighted by molar-refractivity contribution is 5.77. The van der Waals surface area contributed by atoms with Crippen LogP contribution in [0.3, 0.4) is 0 Å². The number of rotatable bonds is 10. The second-order valence-corrected chi connectivity index (χ2v) is 6.97. The van der Waals surface area contributed by atoms with E-state index in [4.69, 9.17) is 14.7 Å². The van der Waals surface area contributed by atoms with E-state index in [-0.39, 0.29) is 12.3 Å². The van der Waals surface area contributed by atoms with Gasteiger partial charge in [0.05, 0.1) is 6.07 Å². The summed E-state index contributed by atoms with van der Waals surface area (Å²) in [5.41, 5.74) is 3.48. The zero-order valence-electron chi connectivity index (χ0n) is 16.8. The summed E-state index contributed by atoms with van der Waals surface area (Å²) in [5, 5.41) is 11.2. The van der Waals surface area contributed by atoms with Crippen molar-refractivity contribution in [2.45, 2.75) is 39.5 Å². The summed E-state index contributed by atoms with van der Waals surface area (Å²) >= 11 is 0. The minimum atomic E-state index is -0.239. The fourth-order valence-electron chi connectivity index (χ4n) is 2.79. The number of aryl methyl sites for hydroxylation is 1. The summed E-state index contributed by atoms with van der Waals surface area (Å²) < 4.78 is 11.7. The Balaban J connectivity index is 1.75. The molecule has 28 heavy (non-hydrogen) atoms. The molecule has 0 heterocycles. The highest BCUT2D eigenvalue weighted by Crippen LogP contribution is 2.27. The predicted molar refractivity (Wildman–Crippen MR) is 110 cm³/mol. The first-order valence-electron chi connectivity index (χ1n) is 9.58. The monoisotopic (exact) mass is 380 g/mol. The molecule has 5 heteroatoms. The van der Waals surface area contributed by atoms with E-state index in [0.29, 0.717) is 32.1 Å². The molecule has 0 atom stereocenters. The van der Waals surface area contributed by atoms with Crippen LogP contribution in [-0.4, -0.2) is 25.7 Å². The van der Waals surface area contributed by atoms with Crippen LogP contribution in [0.15, 0.2) is 42.5 Å². The molecule has 1 N–H and O–H groups in total. The van der Waals surface area contributed by atoms with E-state index in [1.807, 2.05) is 30.3 Å². The van der Waals surface area contributed by atoms with Gasteiger partial charge in [-0.2, -0.15) is 5.26 Å². The molecule has 148 valence electrons. The minimum Gasteiger partial charge on any atom is -0.490 e. The maximum Gasteiger partial charge on any atom is 0.234 e. The normalized spacial score (nSPS) is 10.4. The average Bonchev–Trinajstić information content (AvgIpc) is 2.66. The standard InChI is InChI=1S/C23H28N2O3/c1-17(2)21-9-4-18(3)16-22(21)28-15-14-27-20-7-5-19(6-8-20)11-13-25-23(26)10-12-24/h4-9,16-17H,10-11,13-15H2,1-3H3,(H,25,26). The van der Waals surface area contributed by atoms with Crippen LogP contribution in [0.2, 0.25) is 0 Å². The Bertz CT molecular complexity index is 808. The van der Waals surface area contributed by atoms with E-state index in [9.17, 15) is 4.79 Å². The fraction of sp³-hybridized carbons (Fsp3) is 0.391. The SMILES string of the molecule is Cc1ccc(C(C)C)c(OCCOc2ccc(CCNC(=O)CC#N)cc2)c1. The van der Waals surface area contributed by atoms with Gasteiger partial charge in [-0.15, -0.1) is 0 Å². The molecule has 0 aliphatic rings. The molecule has 0 aliphatic carbocycles. The lowest BCUT2D eigenvalue weighted by Gasteiger charge is -2.15. The number of carbonyl (C=O) groups is 1.